The van der Waals surface area contributed by atoms with E-state index in [1.165, 1.54) is 11.3 Å². The van der Waals surface area contributed by atoms with Gasteiger partial charge in [-0.05, 0) is 44.5 Å². The van der Waals surface area contributed by atoms with Gasteiger partial charge in [0.2, 0.25) is 0 Å². The van der Waals surface area contributed by atoms with Gasteiger partial charge in [0.25, 0.3) is 5.89 Å². The van der Waals surface area contributed by atoms with Gasteiger partial charge in [0, 0.05) is 31.5 Å². The van der Waals surface area contributed by atoms with Gasteiger partial charge in [-0.15, -0.1) is 0 Å². The Morgan fingerprint density at radius 3 is 2.68 bits per heavy atom. The molecule has 0 fully saturated rings. The van der Waals surface area contributed by atoms with Crippen molar-refractivity contribution in [1.29, 1.82) is 0 Å². The predicted molar refractivity (Wildman–Crippen MR) is 99.8 cm³/mol. The Bertz CT molecular complexity index is 830. The van der Waals surface area contributed by atoms with Gasteiger partial charge in [0.1, 0.15) is 5.82 Å². The van der Waals surface area contributed by atoms with E-state index in [0.29, 0.717) is 11.7 Å². The zero-order valence-electron chi connectivity index (χ0n) is 14.9. The Morgan fingerprint density at radius 2 is 1.96 bits per heavy atom. The summed E-state index contributed by atoms with van der Waals surface area (Å²) in [6.07, 6.45) is 1.76. The van der Waals surface area contributed by atoms with Gasteiger partial charge in [-0.3, -0.25) is 0 Å². The topological polar surface area (TPSA) is 67.1 Å². The third kappa shape index (κ3) is 3.96. The van der Waals surface area contributed by atoms with E-state index in [4.69, 9.17) is 4.52 Å². The number of nitrogens with one attached hydrogen (secondary N) is 1. The molecule has 3 aromatic rings. The minimum Gasteiger partial charge on any atom is -0.370 e. The van der Waals surface area contributed by atoms with Crippen molar-refractivity contribution in [2.75, 3.05) is 29.9 Å². The van der Waals surface area contributed by atoms with E-state index < -0.39 is 0 Å². The summed E-state index contributed by atoms with van der Waals surface area (Å²) in [7, 11) is 0. The summed E-state index contributed by atoms with van der Waals surface area (Å²) in [5.74, 6) is 1.85. The van der Waals surface area contributed by atoms with Crippen molar-refractivity contribution in [3.63, 3.8) is 0 Å². The molecule has 0 aliphatic carbocycles. The number of likely N-dealkylation sites (N-methyl/N-ethyl adjacent to an activating group) is 1. The maximum atomic E-state index is 5.27. The number of para-hydroxylation sites is 1. The molecule has 25 heavy (non-hydrogen) atoms. The highest BCUT2D eigenvalue weighted by Gasteiger charge is 2.13. The largest absolute Gasteiger partial charge is 0.370 e. The normalized spacial score (nSPS) is 10.7. The molecule has 2 aromatic heterocycles. The highest BCUT2D eigenvalue weighted by atomic mass is 16.5. The first-order valence-corrected chi connectivity index (χ1v) is 8.49. The lowest BCUT2D eigenvalue weighted by Crippen LogP contribution is -2.29. The second-order valence-corrected chi connectivity index (χ2v) is 5.84. The number of pyridine rings is 1. The number of hydrogen-bond donors (Lipinski definition) is 1. The van der Waals surface area contributed by atoms with Crippen molar-refractivity contribution < 1.29 is 4.52 Å². The second-order valence-electron chi connectivity index (χ2n) is 5.84. The van der Waals surface area contributed by atoms with E-state index >= 15 is 0 Å². The summed E-state index contributed by atoms with van der Waals surface area (Å²) in [5, 5.41) is 7.25. The fourth-order valence-corrected chi connectivity index (χ4v) is 2.80. The summed E-state index contributed by atoms with van der Waals surface area (Å²) in [6, 6.07) is 12.2. The van der Waals surface area contributed by atoms with E-state index in [-0.39, 0.29) is 0 Å². The molecule has 0 bridgehead atoms. The van der Waals surface area contributed by atoms with Crippen LogP contribution in [0.1, 0.15) is 18.3 Å². The summed E-state index contributed by atoms with van der Waals surface area (Å²) in [5.41, 5.74) is 3.37. The number of aryl methyl sites for hydroxylation is 2. The zero-order chi connectivity index (χ0) is 17.6. The van der Waals surface area contributed by atoms with Gasteiger partial charge in [0.05, 0.1) is 5.56 Å². The Hall–Kier alpha value is -2.89. The van der Waals surface area contributed by atoms with Crippen LogP contribution in [0.3, 0.4) is 0 Å². The zero-order valence-corrected chi connectivity index (χ0v) is 14.9. The van der Waals surface area contributed by atoms with Crippen LogP contribution in [0.15, 0.2) is 47.1 Å². The highest BCUT2D eigenvalue weighted by molar-refractivity contribution is 5.68. The van der Waals surface area contributed by atoms with E-state index in [2.05, 4.69) is 63.5 Å². The number of rotatable bonds is 7. The fourth-order valence-electron chi connectivity index (χ4n) is 2.80. The number of benzene rings is 1. The van der Waals surface area contributed by atoms with Crippen LogP contribution in [0.4, 0.5) is 11.5 Å². The lowest BCUT2D eigenvalue weighted by Gasteiger charge is -2.25. The van der Waals surface area contributed by atoms with Crippen LogP contribution in [0, 0.1) is 13.8 Å². The van der Waals surface area contributed by atoms with Crippen LogP contribution in [-0.4, -0.2) is 34.8 Å². The second kappa shape index (κ2) is 7.79. The summed E-state index contributed by atoms with van der Waals surface area (Å²) >= 11 is 0. The van der Waals surface area contributed by atoms with Gasteiger partial charge < -0.3 is 14.7 Å². The molecule has 0 unspecified atom stereocenters. The first-order valence-electron chi connectivity index (χ1n) is 8.49. The van der Waals surface area contributed by atoms with E-state index in [1.807, 2.05) is 12.1 Å². The minimum atomic E-state index is 0.486. The van der Waals surface area contributed by atoms with Gasteiger partial charge in [-0.1, -0.05) is 23.4 Å². The van der Waals surface area contributed by atoms with Crippen LogP contribution in [-0.2, 0) is 0 Å². The molecular weight excluding hydrogens is 314 g/mol. The van der Waals surface area contributed by atoms with Crippen molar-refractivity contribution in [3.05, 3.63) is 54.0 Å². The highest BCUT2D eigenvalue weighted by Crippen LogP contribution is 2.24. The number of nitrogens with zero attached hydrogens (tertiary/aromatic N) is 4. The maximum absolute atomic E-state index is 5.27. The number of aromatic nitrogens is 3. The van der Waals surface area contributed by atoms with E-state index in [0.717, 1.165) is 31.0 Å². The SMILES string of the molecule is CCN(CCNc1ncccc1-c1nc(C)no1)c1ccccc1C. The quantitative estimate of drug-likeness (QED) is 0.709. The monoisotopic (exact) mass is 337 g/mol. The predicted octanol–water partition coefficient (Wildman–Crippen LogP) is 3.69. The summed E-state index contributed by atoms with van der Waals surface area (Å²) in [4.78, 5) is 11.1. The maximum Gasteiger partial charge on any atom is 0.261 e. The van der Waals surface area contributed by atoms with Crippen LogP contribution < -0.4 is 10.2 Å². The molecule has 0 spiro atoms. The summed E-state index contributed by atoms with van der Waals surface area (Å²) < 4.78 is 5.27. The van der Waals surface area contributed by atoms with Crippen LogP contribution in [0.2, 0.25) is 0 Å². The molecule has 2 heterocycles. The molecule has 130 valence electrons. The first-order chi connectivity index (χ1) is 12.2. The molecule has 0 saturated heterocycles. The molecular formula is C19H23N5O. The lowest BCUT2D eigenvalue weighted by molar-refractivity contribution is 0.425. The molecule has 1 aromatic carbocycles. The Kier molecular flexibility index (Phi) is 5.28. The average Bonchev–Trinajstić information content (AvgIpc) is 3.06. The lowest BCUT2D eigenvalue weighted by atomic mass is 10.2. The van der Waals surface area contributed by atoms with Crippen LogP contribution in [0.5, 0.6) is 0 Å². The third-order valence-corrected chi connectivity index (χ3v) is 4.08. The van der Waals surface area contributed by atoms with Crippen molar-refractivity contribution in [3.8, 4) is 11.5 Å². The standard InChI is InChI=1S/C19H23N5O/c1-4-24(17-10-6-5-8-14(17)2)13-12-21-18-16(9-7-11-20-18)19-22-15(3)23-25-19/h5-11H,4,12-13H2,1-3H3,(H,20,21). The number of anilines is 2. The van der Waals surface area contributed by atoms with Gasteiger partial charge in [-0.2, -0.15) is 4.98 Å². The smallest absolute Gasteiger partial charge is 0.261 e. The van der Waals surface area contributed by atoms with Crippen molar-refractivity contribution in [1.82, 2.24) is 15.1 Å². The molecule has 0 saturated carbocycles. The molecule has 0 amide bonds. The Morgan fingerprint density at radius 1 is 1.12 bits per heavy atom. The Balaban J connectivity index is 1.69. The molecule has 6 heteroatoms. The van der Waals surface area contributed by atoms with Crippen LogP contribution >= 0.6 is 0 Å². The van der Waals surface area contributed by atoms with Gasteiger partial charge in [0.15, 0.2) is 5.82 Å². The van der Waals surface area contributed by atoms with E-state index in [1.54, 1.807) is 13.1 Å². The Labute approximate surface area is 147 Å². The molecule has 1 N–H and O–H groups in total. The molecule has 0 aliphatic heterocycles. The molecule has 0 radical (unpaired) electrons. The minimum absolute atomic E-state index is 0.486. The van der Waals surface area contributed by atoms with Crippen molar-refractivity contribution in [2.45, 2.75) is 20.8 Å². The molecule has 6 nitrogen and oxygen atoms in total. The molecule has 0 atom stereocenters. The van der Waals surface area contributed by atoms with Crippen molar-refractivity contribution in [2.24, 2.45) is 0 Å². The average molecular weight is 337 g/mol. The molecule has 3 rings (SSSR count). The van der Waals surface area contributed by atoms with E-state index in [9.17, 15) is 0 Å². The first kappa shape index (κ1) is 17.0. The fraction of sp³-hybridized carbons (Fsp3) is 0.316. The van der Waals surface area contributed by atoms with Crippen molar-refractivity contribution >= 4 is 11.5 Å². The van der Waals surface area contributed by atoms with Gasteiger partial charge in [-0.25, -0.2) is 4.98 Å². The summed E-state index contributed by atoms with van der Waals surface area (Å²) in [6.45, 7) is 8.70. The molecule has 0 aliphatic rings. The number of hydrogen-bond acceptors (Lipinski definition) is 6. The van der Waals surface area contributed by atoms with Crippen LogP contribution in [0.25, 0.3) is 11.5 Å². The third-order valence-electron chi connectivity index (χ3n) is 4.08. The van der Waals surface area contributed by atoms with Gasteiger partial charge >= 0.3 is 0 Å².